The van der Waals surface area contributed by atoms with Crippen molar-refractivity contribution in [1.29, 1.82) is 0 Å². The fraction of sp³-hybridized carbons (Fsp3) is 0.500. The number of nitrogens with one attached hydrogen (secondary N) is 1. The van der Waals surface area contributed by atoms with Crippen LogP contribution in [0.15, 0.2) is 12.1 Å². The number of aliphatic hydroxyl groups is 1. The molecule has 0 saturated heterocycles. The maximum atomic E-state index is 10.2. The third kappa shape index (κ3) is 1.07. The molecule has 3 nitrogen and oxygen atoms in total. The SMILES string of the molecule is BC1(O)Nc2ccc(C)nc2C1(C)C. The van der Waals surface area contributed by atoms with Crippen LogP contribution in [-0.4, -0.2) is 23.6 Å². The second-order valence-corrected chi connectivity index (χ2v) is 4.67. The lowest BCUT2D eigenvalue weighted by molar-refractivity contribution is 0.0910. The maximum Gasteiger partial charge on any atom is 0.170 e. The molecule has 1 aromatic heterocycles. The summed E-state index contributed by atoms with van der Waals surface area (Å²) >= 11 is 0. The predicted molar refractivity (Wildman–Crippen MR) is 59.1 cm³/mol. The molecule has 1 aliphatic heterocycles. The van der Waals surface area contributed by atoms with E-state index in [4.69, 9.17) is 0 Å². The molecule has 1 aromatic rings. The van der Waals surface area contributed by atoms with Crippen LogP contribution in [0.3, 0.4) is 0 Å². The van der Waals surface area contributed by atoms with Crippen LogP contribution in [0.2, 0.25) is 0 Å². The zero-order chi connectivity index (χ0) is 10.6. The first-order valence-corrected chi connectivity index (χ1v) is 4.83. The Labute approximate surface area is 85.0 Å². The molecule has 74 valence electrons. The predicted octanol–water partition coefficient (Wildman–Crippen LogP) is 0.372. The first kappa shape index (κ1) is 9.53. The molecule has 2 rings (SSSR count). The van der Waals surface area contributed by atoms with Crippen LogP contribution in [0.1, 0.15) is 25.2 Å². The highest BCUT2D eigenvalue weighted by atomic mass is 16.3. The van der Waals surface area contributed by atoms with Gasteiger partial charge in [-0.3, -0.25) is 4.98 Å². The largest absolute Gasteiger partial charge is 0.379 e. The van der Waals surface area contributed by atoms with Crippen molar-refractivity contribution in [1.82, 2.24) is 4.98 Å². The summed E-state index contributed by atoms with van der Waals surface area (Å²) in [7, 11) is 1.78. The number of pyridine rings is 1. The van der Waals surface area contributed by atoms with Crippen molar-refractivity contribution in [3.05, 3.63) is 23.5 Å². The molecular weight excluding hydrogens is 175 g/mol. The molecule has 2 N–H and O–H groups in total. The molecule has 1 unspecified atom stereocenters. The first-order valence-electron chi connectivity index (χ1n) is 4.83. The van der Waals surface area contributed by atoms with E-state index in [-0.39, 0.29) is 5.41 Å². The molecule has 0 bridgehead atoms. The molecule has 1 aliphatic rings. The number of aryl methyl sites for hydroxylation is 1. The highest BCUT2D eigenvalue weighted by Gasteiger charge is 2.48. The van der Waals surface area contributed by atoms with Crippen molar-refractivity contribution in [3.8, 4) is 0 Å². The summed E-state index contributed by atoms with van der Waals surface area (Å²) in [4.78, 5) is 4.48. The molecule has 2 heterocycles. The van der Waals surface area contributed by atoms with Crippen LogP contribution in [-0.2, 0) is 5.41 Å². The number of rotatable bonds is 0. The molecule has 0 aromatic carbocycles. The van der Waals surface area contributed by atoms with E-state index in [1.54, 1.807) is 7.85 Å². The lowest BCUT2D eigenvalue weighted by Crippen LogP contribution is -2.49. The van der Waals surface area contributed by atoms with Crippen molar-refractivity contribution in [2.45, 2.75) is 31.8 Å². The van der Waals surface area contributed by atoms with Crippen molar-refractivity contribution >= 4 is 13.5 Å². The van der Waals surface area contributed by atoms with E-state index < -0.39 is 5.62 Å². The van der Waals surface area contributed by atoms with E-state index in [9.17, 15) is 5.11 Å². The number of hydrogen-bond donors (Lipinski definition) is 2. The molecule has 0 radical (unpaired) electrons. The summed E-state index contributed by atoms with van der Waals surface area (Å²) in [5.74, 6) is 0. The zero-order valence-corrected chi connectivity index (χ0v) is 9.05. The standard InChI is InChI=1S/C10H15BN2O/c1-6-4-5-7-8(12-6)9(2,3)10(11,14)13-7/h4-5,13-14H,11H2,1-3H3. The van der Waals surface area contributed by atoms with Gasteiger partial charge in [0.05, 0.1) is 11.4 Å². The number of hydrogen-bond acceptors (Lipinski definition) is 3. The Balaban J connectivity index is 2.62. The zero-order valence-electron chi connectivity index (χ0n) is 9.05. The molecule has 0 fully saturated rings. The van der Waals surface area contributed by atoms with Gasteiger partial charge in [-0.2, -0.15) is 0 Å². The molecule has 4 heteroatoms. The monoisotopic (exact) mass is 190 g/mol. The fourth-order valence-corrected chi connectivity index (χ4v) is 1.78. The molecule has 14 heavy (non-hydrogen) atoms. The van der Waals surface area contributed by atoms with Gasteiger partial charge in [-0.15, -0.1) is 0 Å². The van der Waals surface area contributed by atoms with Crippen LogP contribution in [0.4, 0.5) is 5.69 Å². The average molecular weight is 190 g/mol. The Kier molecular flexibility index (Phi) is 1.71. The van der Waals surface area contributed by atoms with Crippen LogP contribution in [0.5, 0.6) is 0 Å². The van der Waals surface area contributed by atoms with Gasteiger partial charge in [0.2, 0.25) is 0 Å². The molecule has 0 aliphatic carbocycles. The van der Waals surface area contributed by atoms with Crippen LogP contribution in [0, 0.1) is 6.92 Å². The van der Waals surface area contributed by atoms with Gasteiger partial charge in [0.15, 0.2) is 7.85 Å². The Morgan fingerprint density at radius 2 is 2.07 bits per heavy atom. The van der Waals surface area contributed by atoms with E-state index >= 15 is 0 Å². The Morgan fingerprint density at radius 3 is 2.71 bits per heavy atom. The molecule has 1 atom stereocenters. The van der Waals surface area contributed by atoms with E-state index in [0.29, 0.717) is 0 Å². The summed E-state index contributed by atoms with van der Waals surface area (Å²) in [6, 6.07) is 3.92. The third-order valence-corrected chi connectivity index (χ3v) is 3.22. The Hall–Kier alpha value is -1.03. The Bertz CT molecular complexity index is 388. The molecule has 0 saturated carbocycles. The number of nitrogens with zero attached hydrogens (tertiary/aromatic N) is 1. The molecular formula is C10H15BN2O. The van der Waals surface area contributed by atoms with Gasteiger partial charge in [0.1, 0.15) is 5.62 Å². The normalized spacial score (nSPS) is 28.3. The number of aromatic nitrogens is 1. The van der Waals surface area contributed by atoms with Gasteiger partial charge in [0, 0.05) is 11.1 Å². The van der Waals surface area contributed by atoms with Gasteiger partial charge in [-0.25, -0.2) is 0 Å². The topological polar surface area (TPSA) is 45.1 Å². The van der Waals surface area contributed by atoms with E-state index in [1.165, 1.54) is 0 Å². The summed E-state index contributed by atoms with van der Waals surface area (Å²) in [5, 5.41) is 13.3. The number of anilines is 1. The van der Waals surface area contributed by atoms with Crippen molar-refractivity contribution in [2.24, 2.45) is 0 Å². The summed E-state index contributed by atoms with van der Waals surface area (Å²) in [6.45, 7) is 5.96. The minimum Gasteiger partial charge on any atom is -0.379 e. The second-order valence-electron chi connectivity index (χ2n) is 4.67. The quantitative estimate of drug-likeness (QED) is 0.581. The van der Waals surface area contributed by atoms with Crippen molar-refractivity contribution in [2.75, 3.05) is 5.32 Å². The highest BCUT2D eigenvalue weighted by Crippen LogP contribution is 2.43. The molecule has 0 spiro atoms. The van der Waals surface area contributed by atoms with E-state index in [0.717, 1.165) is 17.1 Å². The van der Waals surface area contributed by atoms with Crippen molar-refractivity contribution < 1.29 is 5.11 Å². The summed E-state index contributed by atoms with van der Waals surface area (Å²) in [6.07, 6.45) is 0. The van der Waals surface area contributed by atoms with E-state index in [1.807, 2.05) is 32.9 Å². The van der Waals surface area contributed by atoms with Crippen LogP contribution < -0.4 is 5.32 Å². The van der Waals surface area contributed by atoms with Gasteiger partial charge in [-0.05, 0) is 19.1 Å². The minimum absolute atomic E-state index is 0.353. The van der Waals surface area contributed by atoms with Crippen LogP contribution in [0.25, 0.3) is 0 Å². The smallest absolute Gasteiger partial charge is 0.170 e. The fourth-order valence-electron chi connectivity index (χ4n) is 1.78. The van der Waals surface area contributed by atoms with E-state index in [2.05, 4.69) is 10.3 Å². The summed E-state index contributed by atoms with van der Waals surface area (Å²) < 4.78 is 0. The van der Waals surface area contributed by atoms with Gasteiger partial charge >= 0.3 is 0 Å². The van der Waals surface area contributed by atoms with Crippen molar-refractivity contribution in [3.63, 3.8) is 0 Å². The third-order valence-electron chi connectivity index (χ3n) is 3.22. The van der Waals surface area contributed by atoms with Gasteiger partial charge < -0.3 is 10.4 Å². The number of fused-ring (bicyclic) bond motifs is 1. The second kappa shape index (κ2) is 2.51. The van der Waals surface area contributed by atoms with Gasteiger partial charge in [0.25, 0.3) is 0 Å². The average Bonchev–Trinajstić information content (AvgIpc) is 2.22. The lowest BCUT2D eigenvalue weighted by atomic mass is 9.70. The molecule has 0 amide bonds. The maximum absolute atomic E-state index is 10.2. The lowest BCUT2D eigenvalue weighted by Gasteiger charge is -2.33. The summed E-state index contributed by atoms with van der Waals surface area (Å²) in [5.41, 5.74) is 1.59. The van der Waals surface area contributed by atoms with Gasteiger partial charge in [-0.1, -0.05) is 13.8 Å². The highest BCUT2D eigenvalue weighted by molar-refractivity contribution is 6.17. The van der Waals surface area contributed by atoms with Crippen LogP contribution >= 0.6 is 0 Å². The first-order chi connectivity index (χ1) is 6.34. The Morgan fingerprint density at radius 1 is 1.43 bits per heavy atom. The minimum atomic E-state index is -0.921.